The highest BCUT2D eigenvalue weighted by Crippen LogP contribution is 2.16. The fraction of sp³-hybridized carbons (Fsp3) is 0.533. The predicted molar refractivity (Wildman–Crippen MR) is 77.2 cm³/mol. The number of halogens is 1. The quantitative estimate of drug-likeness (QED) is 0.804. The number of methoxy groups -OCH3 is 1. The van der Waals surface area contributed by atoms with E-state index in [0.29, 0.717) is 12.3 Å². The molecule has 1 N–H and O–H groups in total. The Morgan fingerprint density at radius 2 is 2.19 bits per heavy atom. The van der Waals surface area contributed by atoms with Gasteiger partial charge in [-0.3, -0.25) is 9.69 Å². The maximum atomic E-state index is 13.7. The first kappa shape index (κ1) is 15.7. The maximum absolute atomic E-state index is 13.7. The third-order valence-electron chi connectivity index (χ3n) is 3.46. The number of carbonyl (C=O) groups excluding carboxylic acids is 1. The maximum Gasteiger partial charge on any atom is 0.254 e. The topological polar surface area (TPSA) is 50.8 Å². The van der Waals surface area contributed by atoms with Gasteiger partial charge in [-0.2, -0.15) is 0 Å². The number of carbonyl (C=O) groups is 1. The van der Waals surface area contributed by atoms with Crippen molar-refractivity contribution in [1.29, 1.82) is 0 Å². The minimum Gasteiger partial charge on any atom is -0.497 e. The summed E-state index contributed by atoms with van der Waals surface area (Å²) in [6.45, 7) is 4.84. The highest BCUT2D eigenvalue weighted by atomic mass is 19.1. The van der Waals surface area contributed by atoms with Crippen LogP contribution in [0.4, 0.5) is 4.39 Å². The molecule has 1 aromatic rings. The van der Waals surface area contributed by atoms with Crippen molar-refractivity contribution in [1.82, 2.24) is 10.2 Å². The van der Waals surface area contributed by atoms with Crippen molar-refractivity contribution in [3.8, 4) is 5.75 Å². The summed E-state index contributed by atoms with van der Waals surface area (Å²) in [6, 6.07) is 4.22. The number of hydrogen-bond acceptors (Lipinski definition) is 4. The molecule has 21 heavy (non-hydrogen) atoms. The molecule has 0 bridgehead atoms. The summed E-state index contributed by atoms with van der Waals surface area (Å²) in [5.74, 6) is -0.562. The van der Waals surface area contributed by atoms with Crippen LogP contribution in [0.2, 0.25) is 0 Å². The average Bonchev–Trinajstić information content (AvgIpc) is 2.52. The Hall–Kier alpha value is -1.66. The van der Waals surface area contributed by atoms with Gasteiger partial charge in [0.25, 0.3) is 5.91 Å². The average molecular weight is 296 g/mol. The molecule has 1 saturated heterocycles. The molecule has 1 amide bonds. The fourth-order valence-corrected chi connectivity index (χ4v) is 2.23. The lowest BCUT2D eigenvalue weighted by Gasteiger charge is -2.26. The normalized spacial score (nSPS) is 15.7. The van der Waals surface area contributed by atoms with Crippen molar-refractivity contribution in [2.24, 2.45) is 0 Å². The lowest BCUT2D eigenvalue weighted by Crippen LogP contribution is -2.38. The van der Waals surface area contributed by atoms with Crippen LogP contribution in [0.5, 0.6) is 5.75 Å². The molecule has 6 heteroatoms. The molecule has 1 aliphatic heterocycles. The lowest BCUT2D eigenvalue weighted by atomic mass is 10.2. The monoisotopic (exact) mass is 296 g/mol. The molecule has 0 saturated carbocycles. The summed E-state index contributed by atoms with van der Waals surface area (Å²) in [6.07, 6.45) is 0.837. The van der Waals surface area contributed by atoms with Crippen LogP contribution < -0.4 is 10.1 Å². The smallest absolute Gasteiger partial charge is 0.254 e. The van der Waals surface area contributed by atoms with Crippen LogP contribution in [-0.2, 0) is 4.74 Å². The van der Waals surface area contributed by atoms with Crippen LogP contribution >= 0.6 is 0 Å². The fourth-order valence-electron chi connectivity index (χ4n) is 2.23. The highest BCUT2D eigenvalue weighted by molar-refractivity contribution is 5.94. The van der Waals surface area contributed by atoms with Crippen molar-refractivity contribution in [3.05, 3.63) is 29.6 Å². The molecule has 0 atom stereocenters. The zero-order valence-corrected chi connectivity index (χ0v) is 12.2. The number of amides is 1. The van der Waals surface area contributed by atoms with E-state index in [1.54, 1.807) is 6.07 Å². The molecule has 0 radical (unpaired) electrons. The predicted octanol–water partition coefficient (Wildman–Crippen LogP) is 1.29. The third-order valence-corrected chi connectivity index (χ3v) is 3.46. The lowest BCUT2D eigenvalue weighted by molar-refractivity contribution is 0.0374. The van der Waals surface area contributed by atoms with Crippen LogP contribution in [0.1, 0.15) is 16.8 Å². The van der Waals surface area contributed by atoms with Gasteiger partial charge in [-0.1, -0.05) is 0 Å². The van der Waals surface area contributed by atoms with Gasteiger partial charge in [-0.15, -0.1) is 0 Å². The van der Waals surface area contributed by atoms with E-state index >= 15 is 0 Å². The Morgan fingerprint density at radius 3 is 2.86 bits per heavy atom. The second kappa shape index (κ2) is 7.95. The van der Waals surface area contributed by atoms with E-state index in [2.05, 4.69) is 10.2 Å². The molecular formula is C15H21FN2O3. The van der Waals surface area contributed by atoms with E-state index in [1.165, 1.54) is 19.2 Å². The first-order chi connectivity index (χ1) is 10.2. The number of benzene rings is 1. The molecule has 1 aromatic carbocycles. The van der Waals surface area contributed by atoms with Crippen molar-refractivity contribution >= 4 is 5.91 Å². The summed E-state index contributed by atoms with van der Waals surface area (Å²) in [7, 11) is 1.46. The first-order valence-electron chi connectivity index (χ1n) is 7.12. The van der Waals surface area contributed by atoms with Crippen molar-refractivity contribution in [2.45, 2.75) is 6.42 Å². The van der Waals surface area contributed by atoms with E-state index in [4.69, 9.17) is 9.47 Å². The molecule has 5 nitrogen and oxygen atoms in total. The number of hydrogen-bond donors (Lipinski definition) is 1. The summed E-state index contributed by atoms with van der Waals surface area (Å²) in [4.78, 5) is 14.2. The van der Waals surface area contributed by atoms with Crippen LogP contribution in [0.15, 0.2) is 18.2 Å². The summed E-state index contributed by atoms with van der Waals surface area (Å²) < 4.78 is 23.9. The minimum atomic E-state index is -0.569. The molecule has 2 rings (SSSR count). The van der Waals surface area contributed by atoms with Gasteiger partial charge in [0.2, 0.25) is 0 Å². The molecule has 0 aromatic heterocycles. The standard InChI is InChI=1S/C15H21FN2O3/c1-20-12-3-4-13(14(16)11-12)15(19)17-5-2-6-18-7-9-21-10-8-18/h3-4,11H,2,5-10H2,1H3,(H,17,19). The molecule has 116 valence electrons. The van der Waals surface area contributed by atoms with Gasteiger partial charge in [0.1, 0.15) is 11.6 Å². The van der Waals surface area contributed by atoms with Crippen molar-refractivity contribution < 1.29 is 18.7 Å². The zero-order valence-electron chi connectivity index (χ0n) is 12.2. The van der Waals surface area contributed by atoms with Gasteiger partial charge in [0, 0.05) is 25.7 Å². The van der Waals surface area contributed by atoms with Crippen LogP contribution in [0.25, 0.3) is 0 Å². The number of nitrogens with zero attached hydrogens (tertiary/aromatic N) is 1. The Bertz CT molecular complexity index is 476. The van der Waals surface area contributed by atoms with Gasteiger partial charge in [0.15, 0.2) is 0 Å². The number of nitrogens with one attached hydrogen (secondary N) is 1. The largest absolute Gasteiger partial charge is 0.497 e. The number of rotatable bonds is 6. The summed E-state index contributed by atoms with van der Waals surface area (Å²) >= 11 is 0. The van der Waals surface area contributed by atoms with Gasteiger partial charge >= 0.3 is 0 Å². The van der Waals surface area contributed by atoms with E-state index in [-0.39, 0.29) is 5.56 Å². The van der Waals surface area contributed by atoms with Gasteiger partial charge < -0.3 is 14.8 Å². The molecule has 1 aliphatic rings. The van der Waals surface area contributed by atoms with E-state index in [1.807, 2.05) is 0 Å². The highest BCUT2D eigenvalue weighted by Gasteiger charge is 2.13. The molecule has 1 heterocycles. The van der Waals surface area contributed by atoms with Gasteiger partial charge in [0.05, 0.1) is 25.9 Å². The van der Waals surface area contributed by atoms with Crippen molar-refractivity contribution in [2.75, 3.05) is 46.5 Å². The molecule has 0 unspecified atom stereocenters. The second-order valence-corrected chi connectivity index (χ2v) is 4.91. The zero-order chi connectivity index (χ0) is 15.1. The summed E-state index contributed by atoms with van der Waals surface area (Å²) in [5, 5.41) is 2.74. The van der Waals surface area contributed by atoms with Gasteiger partial charge in [-0.25, -0.2) is 4.39 Å². The Balaban J connectivity index is 1.74. The first-order valence-corrected chi connectivity index (χ1v) is 7.12. The Labute approximate surface area is 124 Å². The second-order valence-electron chi connectivity index (χ2n) is 4.91. The van der Waals surface area contributed by atoms with E-state index in [9.17, 15) is 9.18 Å². The molecule has 1 fully saturated rings. The van der Waals surface area contributed by atoms with Crippen molar-refractivity contribution in [3.63, 3.8) is 0 Å². The Morgan fingerprint density at radius 1 is 1.43 bits per heavy atom. The molecule has 0 spiro atoms. The molecular weight excluding hydrogens is 275 g/mol. The van der Waals surface area contributed by atoms with Crippen LogP contribution in [-0.4, -0.2) is 57.3 Å². The van der Waals surface area contributed by atoms with Crippen LogP contribution in [0.3, 0.4) is 0 Å². The molecule has 0 aliphatic carbocycles. The summed E-state index contributed by atoms with van der Waals surface area (Å²) in [5.41, 5.74) is 0.0437. The number of ether oxygens (including phenoxy) is 2. The number of morpholine rings is 1. The van der Waals surface area contributed by atoms with Gasteiger partial charge in [-0.05, 0) is 25.1 Å². The van der Waals surface area contributed by atoms with Crippen LogP contribution in [0, 0.1) is 5.82 Å². The SMILES string of the molecule is COc1ccc(C(=O)NCCCN2CCOCC2)c(F)c1. The Kier molecular flexibility index (Phi) is 5.95. The van der Waals surface area contributed by atoms with E-state index < -0.39 is 11.7 Å². The minimum absolute atomic E-state index is 0.0437. The third kappa shape index (κ3) is 4.68. The van der Waals surface area contributed by atoms with E-state index in [0.717, 1.165) is 39.3 Å².